The molecule has 1 amide bonds. The van der Waals surface area contributed by atoms with Crippen LogP contribution in [0.1, 0.15) is 31.7 Å². The lowest BCUT2D eigenvalue weighted by Crippen LogP contribution is -2.46. The Morgan fingerprint density at radius 2 is 2.32 bits per heavy atom. The van der Waals surface area contributed by atoms with Crippen molar-refractivity contribution < 1.29 is 9.53 Å². The van der Waals surface area contributed by atoms with Crippen LogP contribution in [0.25, 0.3) is 0 Å². The van der Waals surface area contributed by atoms with Crippen LogP contribution in [0.4, 0.5) is 0 Å². The van der Waals surface area contributed by atoms with E-state index in [4.69, 9.17) is 4.74 Å². The van der Waals surface area contributed by atoms with E-state index in [-0.39, 0.29) is 5.91 Å². The molecule has 0 aromatic carbocycles. The molecule has 0 radical (unpaired) electrons. The van der Waals surface area contributed by atoms with Gasteiger partial charge in [0.05, 0.1) is 6.20 Å². The van der Waals surface area contributed by atoms with Crippen molar-refractivity contribution in [1.29, 1.82) is 0 Å². The number of aromatic nitrogens is 1. The predicted octanol–water partition coefficient (Wildman–Crippen LogP) is 1.53. The van der Waals surface area contributed by atoms with Gasteiger partial charge in [0.1, 0.15) is 12.4 Å². The summed E-state index contributed by atoms with van der Waals surface area (Å²) in [6.45, 7) is 4.20. The first-order chi connectivity index (χ1) is 10.7. The summed E-state index contributed by atoms with van der Waals surface area (Å²) in [5, 5.41) is 6.20. The second-order valence-electron chi connectivity index (χ2n) is 6.51. The molecule has 1 saturated carbocycles. The van der Waals surface area contributed by atoms with Gasteiger partial charge in [-0.2, -0.15) is 0 Å². The maximum Gasteiger partial charge on any atom is 0.216 e. The zero-order chi connectivity index (χ0) is 15.4. The summed E-state index contributed by atoms with van der Waals surface area (Å²) in [7, 11) is 0. The smallest absolute Gasteiger partial charge is 0.216 e. The number of nitrogens with one attached hydrogen (secondary N) is 2. The largest absolute Gasteiger partial charge is 0.490 e. The second kappa shape index (κ2) is 7.09. The van der Waals surface area contributed by atoms with E-state index in [1.165, 1.54) is 18.4 Å². The van der Waals surface area contributed by atoms with Gasteiger partial charge in [-0.3, -0.25) is 9.78 Å². The van der Waals surface area contributed by atoms with Gasteiger partial charge in [0, 0.05) is 25.7 Å². The molecule has 0 spiro atoms. The molecule has 1 aromatic heterocycles. The molecular formula is C17H25N3O2. The number of ether oxygens (including phenoxy) is 1. The van der Waals surface area contributed by atoms with Crippen molar-refractivity contribution in [2.24, 2.45) is 11.8 Å². The quantitative estimate of drug-likeness (QED) is 0.764. The first kappa shape index (κ1) is 15.3. The normalized spacial score (nSPS) is 26.1. The Morgan fingerprint density at radius 3 is 3.05 bits per heavy atom. The van der Waals surface area contributed by atoms with Gasteiger partial charge in [-0.15, -0.1) is 0 Å². The van der Waals surface area contributed by atoms with Crippen molar-refractivity contribution in [2.75, 3.05) is 19.7 Å². The lowest BCUT2D eigenvalue weighted by molar-refractivity contribution is -0.118. The van der Waals surface area contributed by atoms with Crippen molar-refractivity contribution >= 4 is 5.91 Å². The minimum Gasteiger partial charge on any atom is -0.490 e. The number of carbonyl (C=O) groups is 1. The van der Waals surface area contributed by atoms with Crippen molar-refractivity contribution in [3.63, 3.8) is 0 Å². The Hall–Kier alpha value is -1.62. The minimum absolute atomic E-state index is 0.0622. The fourth-order valence-corrected chi connectivity index (χ4v) is 2.99. The Balaban J connectivity index is 1.40. The number of amides is 1. The number of hydrogen-bond donors (Lipinski definition) is 2. The van der Waals surface area contributed by atoms with Gasteiger partial charge < -0.3 is 15.4 Å². The van der Waals surface area contributed by atoms with Gasteiger partial charge in [0.2, 0.25) is 5.91 Å². The second-order valence-corrected chi connectivity index (χ2v) is 6.51. The average Bonchev–Trinajstić information content (AvgIpc) is 3.15. The first-order valence-corrected chi connectivity index (χ1v) is 8.25. The fourth-order valence-electron chi connectivity index (χ4n) is 2.99. The third-order valence-electron chi connectivity index (χ3n) is 4.60. The molecule has 1 aliphatic heterocycles. The summed E-state index contributed by atoms with van der Waals surface area (Å²) >= 11 is 0. The first-order valence-electron chi connectivity index (χ1n) is 8.25. The van der Waals surface area contributed by atoms with Crippen LogP contribution in [0.3, 0.4) is 0 Å². The summed E-state index contributed by atoms with van der Waals surface area (Å²) in [6.07, 6.45) is 8.35. The van der Waals surface area contributed by atoms with Crippen LogP contribution in [0.15, 0.2) is 18.5 Å². The van der Waals surface area contributed by atoms with Gasteiger partial charge in [-0.05, 0) is 55.7 Å². The molecule has 2 N–H and O–H groups in total. The summed E-state index contributed by atoms with van der Waals surface area (Å²) in [6, 6.07) is 2.62. The van der Waals surface area contributed by atoms with Crippen molar-refractivity contribution in [2.45, 2.75) is 38.6 Å². The lowest BCUT2D eigenvalue weighted by Gasteiger charge is -2.27. The minimum atomic E-state index is 0.0622. The van der Waals surface area contributed by atoms with E-state index in [1.807, 2.05) is 6.20 Å². The van der Waals surface area contributed by atoms with Crippen molar-refractivity contribution in [3.05, 3.63) is 24.0 Å². The van der Waals surface area contributed by atoms with E-state index in [0.717, 1.165) is 50.1 Å². The molecule has 2 fully saturated rings. The monoisotopic (exact) mass is 303 g/mol. The Labute approximate surface area is 131 Å². The van der Waals surface area contributed by atoms with Gasteiger partial charge in [-0.25, -0.2) is 0 Å². The van der Waals surface area contributed by atoms with E-state index in [1.54, 1.807) is 13.1 Å². The molecule has 5 nitrogen and oxygen atoms in total. The van der Waals surface area contributed by atoms with Crippen LogP contribution in [0, 0.1) is 11.8 Å². The van der Waals surface area contributed by atoms with Crippen LogP contribution < -0.4 is 15.4 Å². The highest BCUT2D eigenvalue weighted by Gasteiger charge is 2.36. The SMILES string of the molecule is CC(=O)NCC[C@@H]1C[C@H]1Cc1cncc(OC[C@@H]2CCN2)c1. The topological polar surface area (TPSA) is 63.2 Å². The Morgan fingerprint density at radius 1 is 1.45 bits per heavy atom. The van der Waals surface area contributed by atoms with Gasteiger partial charge in [0.15, 0.2) is 0 Å². The maximum absolute atomic E-state index is 10.9. The predicted molar refractivity (Wildman–Crippen MR) is 84.7 cm³/mol. The van der Waals surface area contributed by atoms with E-state index in [0.29, 0.717) is 6.04 Å². The van der Waals surface area contributed by atoms with Gasteiger partial charge in [-0.1, -0.05) is 0 Å². The van der Waals surface area contributed by atoms with Gasteiger partial charge in [0.25, 0.3) is 0 Å². The summed E-state index contributed by atoms with van der Waals surface area (Å²) < 4.78 is 5.80. The summed E-state index contributed by atoms with van der Waals surface area (Å²) in [5.41, 5.74) is 1.26. The molecule has 1 aliphatic carbocycles. The van der Waals surface area contributed by atoms with E-state index in [2.05, 4.69) is 21.7 Å². The summed E-state index contributed by atoms with van der Waals surface area (Å²) in [5.74, 6) is 2.42. The Kier molecular flexibility index (Phi) is 4.93. The van der Waals surface area contributed by atoms with E-state index < -0.39 is 0 Å². The van der Waals surface area contributed by atoms with Crippen molar-refractivity contribution in [1.82, 2.24) is 15.6 Å². The highest BCUT2D eigenvalue weighted by atomic mass is 16.5. The molecule has 2 aliphatic rings. The molecule has 1 saturated heterocycles. The molecule has 0 unspecified atom stereocenters. The molecule has 3 atom stereocenters. The zero-order valence-electron chi connectivity index (χ0n) is 13.2. The van der Waals surface area contributed by atoms with Crippen LogP contribution in [-0.2, 0) is 11.2 Å². The molecule has 1 aromatic rings. The van der Waals surface area contributed by atoms with E-state index >= 15 is 0 Å². The fraction of sp³-hybridized carbons (Fsp3) is 0.647. The number of nitrogens with zero attached hydrogens (tertiary/aromatic N) is 1. The molecule has 120 valence electrons. The molecule has 5 heteroatoms. The molecule has 22 heavy (non-hydrogen) atoms. The molecule has 3 rings (SSSR count). The lowest BCUT2D eigenvalue weighted by atomic mass is 10.1. The molecule has 0 bridgehead atoms. The maximum atomic E-state index is 10.9. The zero-order valence-corrected chi connectivity index (χ0v) is 13.2. The Bertz CT molecular complexity index is 516. The molecular weight excluding hydrogens is 278 g/mol. The van der Waals surface area contributed by atoms with Crippen LogP contribution in [-0.4, -0.2) is 36.6 Å². The third kappa shape index (κ3) is 4.44. The van der Waals surface area contributed by atoms with Crippen LogP contribution in [0.2, 0.25) is 0 Å². The summed E-state index contributed by atoms with van der Waals surface area (Å²) in [4.78, 5) is 15.1. The molecule has 2 heterocycles. The number of rotatable bonds is 8. The van der Waals surface area contributed by atoms with Crippen LogP contribution >= 0.6 is 0 Å². The number of carbonyl (C=O) groups excluding carboxylic acids is 1. The number of pyridine rings is 1. The third-order valence-corrected chi connectivity index (χ3v) is 4.60. The number of hydrogen-bond acceptors (Lipinski definition) is 4. The average molecular weight is 303 g/mol. The van der Waals surface area contributed by atoms with Gasteiger partial charge >= 0.3 is 0 Å². The van der Waals surface area contributed by atoms with Crippen molar-refractivity contribution in [3.8, 4) is 5.75 Å². The standard InChI is InChI=1S/C17H25N3O2/c1-12(21)19-4-2-14-8-15(14)6-13-7-17(10-18-9-13)22-11-16-3-5-20-16/h7,9-10,14-16,20H,2-6,8,11H2,1H3,(H,19,21)/t14-,15-,16+/m1/s1. The highest BCUT2D eigenvalue weighted by molar-refractivity contribution is 5.72. The van der Waals surface area contributed by atoms with Crippen LogP contribution in [0.5, 0.6) is 5.75 Å². The highest BCUT2D eigenvalue weighted by Crippen LogP contribution is 2.43. The van der Waals surface area contributed by atoms with E-state index in [9.17, 15) is 4.79 Å².